The predicted molar refractivity (Wildman–Crippen MR) is 73.1 cm³/mol. The molecule has 0 radical (unpaired) electrons. The number of aryl methyl sites for hydroxylation is 1. The summed E-state index contributed by atoms with van der Waals surface area (Å²) in [5.41, 5.74) is 0.702. The molecule has 2 aromatic rings. The zero-order valence-electron chi connectivity index (χ0n) is 9.47. The summed E-state index contributed by atoms with van der Waals surface area (Å²) in [5, 5.41) is 15.2. The molecule has 0 saturated carbocycles. The molecule has 0 spiro atoms. The highest BCUT2D eigenvalue weighted by Crippen LogP contribution is 2.32. The van der Waals surface area contributed by atoms with Crippen LogP contribution in [0.2, 0.25) is 0 Å². The molecule has 0 aliphatic rings. The molecule has 2 aromatic heterocycles. The minimum Gasteiger partial charge on any atom is -0.477 e. The second-order valence-electron chi connectivity index (χ2n) is 3.60. The number of anilines is 1. The number of hydrogen-bond acceptors (Lipinski definition) is 5. The molecular weight excluding hydrogens is 358 g/mol. The van der Waals surface area contributed by atoms with Crippen molar-refractivity contribution in [3.63, 3.8) is 0 Å². The Balaban J connectivity index is 2.37. The normalized spacial score (nSPS) is 11.5. The van der Waals surface area contributed by atoms with Gasteiger partial charge < -0.3 is 5.11 Å². The van der Waals surface area contributed by atoms with Gasteiger partial charge in [-0.15, -0.1) is 11.3 Å². The average molecular weight is 366 g/mol. The number of H-pyrrole nitrogens is 1. The van der Waals surface area contributed by atoms with Gasteiger partial charge in [-0.3, -0.25) is 9.82 Å². The number of nitrogens with zero attached hydrogens (tertiary/aromatic N) is 1. The van der Waals surface area contributed by atoms with Crippen LogP contribution in [-0.2, 0) is 10.0 Å². The van der Waals surface area contributed by atoms with Crippen molar-refractivity contribution in [2.75, 3.05) is 4.72 Å². The summed E-state index contributed by atoms with van der Waals surface area (Å²) < 4.78 is 26.7. The maximum atomic E-state index is 12.1. The van der Waals surface area contributed by atoms with Gasteiger partial charge in [0, 0.05) is 11.8 Å². The molecule has 0 bridgehead atoms. The Morgan fingerprint density at radius 2 is 2.21 bits per heavy atom. The van der Waals surface area contributed by atoms with Crippen molar-refractivity contribution in [3.8, 4) is 0 Å². The van der Waals surface area contributed by atoms with E-state index in [-0.39, 0.29) is 19.4 Å². The van der Waals surface area contributed by atoms with Crippen molar-refractivity contribution in [1.29, 1.82) is 0 Å². The highest BCUT2D eigenvalue weighted by Gasteiger charge is 2.23. The van der Waals surface area contributed by atoms with Gasteiger partial charge >= 0.3 is 5.97 Å². The summed E-state index contributed by atoms with van der Waals surface area (Å²) in [6, 6.07) is 2.62. The summed E-state index contributed by atoms with van der Waals surface area (Å²) in [6.07, 6.45) is 0. The lowest BCUT2D eigenvalue weighted by Gasteiger charge is -2.03. The van der Waals surface area contributed by atoms with Crippen LogP contribution < -0.4 is 4.72 Å². The second kappa shape index (κ2) is 4.94. The van der Waals surface area contributed by atoms with Gasteiger partial charge in [0.05, 0.1) is 3.79 Å². The summed E-state index contributed by atoms with van der Waals surface area (Å²) in [4.78, 5) is 10.6. The van der Waals surface area contributed by atoms with Crippen molar-refractivity contribution >= 4 is 49.1 Å². The molecule has 0 amide bonds. The van der Waals surface area contributed by atoms with Crippen LogP contribution in [0.5, 0.6) is 0 Å². The molecule has 10 heteroatoms. The standard InChI is InChI=1S/C9H8BrN3O4S2/c1-4-2-7(12-11-4)13-19(16,17)6-3-5(9(14)15)18-8(6)10/h2-3H,1H3,(H,14,15)(H2,11,12,13). The molecule has 2 heterocycles. The molecule has 0 aliphatic heterocycles. The number of carboxylic acids is 1. The molecule has 0 fully saturated rings. The number of carboxylic acid groups (broad SMARTS) is 1. The number of aromatic carboxylic acids is 1. The molecule has 2 rings (SSSR count). The van der Waals surface area contributed by atoms with E-state index in [9.17, 15) is 13.2 Å². The lowest BCUT2D eigenvalue weighted by Crippen LogP contribution is -2.13. The molecule has 0 unspecified atom stereocenters. The Morgan fingerprint density at radius 1 is 1.53 bits per heavy atom. The van der Waals surface area contributed by atoms with Gasteiger partial charge in [0.25, 0.3) is 10.0 Å². The third-order valence-corrected chi connectivity index (χ3v) is 5.70. The Labute approximate surface area is 120 Å². The predicted octanol–water partition coefficient (Wildman–Crippen LogP) is 2.04. The summed E-state index contributed by atoms with van der Waals surface area (Å²) in [7, 11) is -3.88. The van der Waals surface area contributed by atoms with Crippen LogP contribution in [0.1, 0.15) is 15.4 Å². The Hall–Kier alpha value is -1.39. The Kier molecular flexibility index (Phi) is 3.65. The van der Waals surface area contributed by atoms with Crippen molar-refractivity contribution in [1.82, 2.24) is 10.2 Å². The van der Waals surface area contributed by atoms with Gasteiger partial charge in [0.1, 0.15) is 9.77 Å². The van der Waals surface area contributed by atoms with E-state index in [2.05, 4.69) is 30.8 Å². The highest BCUT2D eigenvalue weighted by molar-refractivity contribution is 9.11. The number of nitrogens with one attached hydrogen (secondary N) is 2. The first-order chi connectivity index (χ1) is 8.79. The first-order valence-electron chi connectivity index (χ1n) is 4.87. The molecular formula is C9H8BrN3O4S2. The molecule has 102 valence electrons. The highest BCUT2D eigenvalue weighted by atomic mass is 79.9. The van der Waals surface area contributed by atoms with E-state index in [4.69, 9.17) is 5.11 Å². The minimum absolute atomic E-state index is 0.0644. The summed E-state index contributed by atoms with van der Waals surface area (Å²) in [6.45, 7) is 1.73. The largest absolute Gasteiger partial charge is 0.477 e. The average Bonchev–Trinajstić information content (AvgIpc) is 2.85. The van der Waals surface area contributed by atoms with Crippen molar-refractivity contribution in [3.05, 3.63) is 26.5 Å². The third kappa shape index (κ3) is 2.96. The number of carbonyl (C=O) groups is 1. The lowest BCUT2D eigenvalue weighted by molar-refractivity contribution is 0.0702. The monoisotopic (exact) mass is 365 g/mol. The maximum absolute atomic E-state index is 12.1. The molecule has 0 saturated heterocycles. The van der Waals surface area contributed by atoms with Crippen molar-refractivity contribution < 1.29 is 18.3 Å². The van der Waals surface area contributed by atoms with Crippen LogP contribution in [0.3, 0.4) is 0 Å². The fourth-order valence-electron chi connectivity index (χ4n) is 1.30. The fraction of sp³-hybridized carbons (Fsp3) is 0.111. The van der Waals surface area contributed by atoms with E-state index in [0.29, 0.717) is 5.69 Å². The molecule has 19 heavy (non-hydrogen) atoms. The van der Waals surface area contributed by atoms with Crippen molar-refractivity contribution in [2.24, 2.45) is 0 Å². The molecule has 0 aromatic carbocycles. The van der Waals surface area contributed by atoms with Crippen LogP contribution in [0.4, 0.5) is 5.82 Å². The number of aromatic nitrogens is 2. The number of sulfonamides is 1. The topological polar surface area (TPSA) is 112 Å². The second-order valence-corrected chi connectivity index (χ2v) is 7.62. The lowest BCUT2D eigenvalue weighted by atomic mass is 10.5. The van der Waals surface area contributed by atoms with Gasteiger partial charge in [0.2, 0.25) is 0 Å². The fourth-order valence-corrected chi connectivity index (χ4v) is 4.70. The quantitative estimate of drug-likeness (QED) is 0.767. The molecule has 0 aliphatic carbocycles. The van der Waals surface area contributed by atoms with Crippen LogP contribution in [-0.4, -0.2) is 29.7 Å². The van der Waals surface area contributed by atoms with Crippen LogP contribution in [0.15, 0.2) is 20.8 Å². The SMILES string of the molecule is Cc1cc(NS(=O)(=O)c2cc(C(=O)O)sc2Br)n[nH]1. The minimum atomic E-state index is -3.88. The van der Waals surface area contributed by atoms with E-state index in [1.807, 2.05) is 0 Å². The maximum Gasteiger partial charge on any atom is 0.345 e. The van der Waals surface area contributed by atoms with E-state index in [0.717, 1.165) is 17.4 Å². The molecule has 7 nitrogen and oxygen atoms in total. The van der Waals surface area contributed by atoms with Crippen LogP contribution >= 0.6 is 27.3 Å². The van der Waals surface area contributed by atoms with Gasteiger partial charge in [-0.2, -0.15) is 5.10 Å². The smallest absolute Gasteiger partial charge is 0.345 e. The molecule has 3 N–H and O–H groups in total. The summed E-state index contributed by atoms with van der Waals surface area (Å²) >= 11 is 3.88. The first-order valence-corrected chi connectivity index (χ1v) is 7.96. The van der Waals surface area contributed by atoms with Crippen LogP contribution in [0.25, 0.3) is 0 Å². The number of hydrogen-bond donors (Lipinski definition) is 3. The van der Waals surface area contributed by atoms with Gasteiger partial charge in [-0.25, -0.2) is 13.2 Å². The Morgan fingerprint density at radius 3 is 2.68 bits per heavy atom. The van der Waals surface area contributed by atoms with E-state index >= 15 is 0 Å². The van der Waals surface area contributed by atoms with Crippen molar-refractivity contribution in [2.45, 2.75) is 11.8 Å². The van der Waals surface area contributed by atoms with E-state index in [1.54, 1.807) is 6.92 Å². The van der Waals surface area contributed by atoms with Gasteiger partial charge in [-0.1, -0.05) is 0 Å². The number of thiophene rings is 1. The van der Waals surface area contributed by atoms with Gasteiger partial charge in [0.15, 0.2) is 5.82 Å². The van der Waals surface area contributed by atoms with Crippen LogP contribution in [0, 0.1) is 6.92 Å². The number of halogens is 1. The Bertz CT molecular complexity index is 734. The third-order valence-electron chi connectivity index (χ3n) is 2.10. The summed E-state index contributed by atoms with van der Waals surface area (Å²) in [5.74, 6) is -1.03. The number of rotatable bonds is 4. The zero-order valence-corrected chi connectivity index (χ0v) is 12.7. The van der Waals surface area contributed by atoms with E-state index in [1.165, 1.54) is 6.07 Å². The zero-order chi connectivity index (χ0) is 14.2. The molecule has 0 atom stereocenters. The number of aromatic amines is 1. The first kappa shape index (κ1) is 14.0. The van der Waals surface area contributed by atoms with E-state index < -0.39 is 16.0 Å². The van der Waals surface area contributed by atoms with Gasteiger partial charge in [-0.05, 0) is 28.9 Å².